The van der Waals surface area contributed by atoms with Crippen LogP contribution in [0.25, 0.3) is 0 Å². The average Bonchev–Trinajstić information content (AvgIpc) is 2.99. The van der Waals surface area contributed by atoms with Gasteiger partial charge in [0.05, 0.1) is 5.04 Å². The Morgan fingerprint density at radius 2 is 1.91 bits per heavy atom. The molecule has 6 nitrogen and oxygen atoms in total. The molecule has 0 radical (unpaired) electrons. The van der Waals surface area contributed by atoms with E-state index in [2.05, 4.69) is 9.89 Å². The van der Waals surface area contributed by atoms with E-state index in [1.165, 1.54) is 23.3 Å². The first-order valence-corrected chi connectivity index (χ1v) is 12.7. The van der Waals surface area contributed by atoms with Gasteiger partial charge in [0.2, 0.25) is 5.91 Å². The number of thioether (sulfide) groups is 1. The summed E-state index contributed by atoms with van der Waals surface area (Å²) in [5.74, 6) is 0.276. The first-order valence-electron chi connectivity index (χ1n) is 11.5. The number of carbonyl (C=O) groups is 2. The van der Waals surface area contributed by atoms with Crippen LogP contribution in [-0.2, 0) is 9.59 Å². The number of benzene rings is 1. The first kappa shape index (κ1) is 21.7. The Bertz CT molecular complexity index is 1030. The number of amidine groups is 1. The lowest BCUT2D eigenvalue weighted by Crippen LogP contribution is -2.48. The maximum absolute atomic E-state index is 12.8. The van der Waals surface area contributed by atoms with Gasteiger partial charge in [-0.3, -0.25) is 9.59 Å². The highest BCUT2D eigenvalue weighted by atomic mass is 35.5. The monoisotopic (exact) mass is 470 g/mol. The number of nitrogens with zero attached hydrogens (tertiary/aromatic N) is 4. The molecule has 1 aromatic carbocycles. The summed E-state index contributed by atoms with van der Waals surface area (Å²) < 4.78 is 0. The molecule has 32 heavy (non-hydrogen) atoms. The molecule has 1 atom stereocenters. The Morgan fingerprint density at radius 1 is 1.09 bits per heavy atom. The summed E-state index contributed by atoms with van der Waals surface area (Å²) in [5.41, 5.74) is 2.35. The summed E-state index contributed by atoms with van der Waals surface area (Å²) in [5, 5.41) is 1.61. The van der Waals surface area contributed by atoms with Crippen molar-refractivity contribution in [2.45, 2.75) is 44.9 Å². The van der Waals surface area contributed by atoms with Crippen molar-refractivity contribution in [3.63, 3.8) is 0 Å². The van der Waals surface area contributed by atoms with E-state index in [0.717, 1.165) is 48.1 Å². The number of hydrogen-bond donors (Lipinski definition) is 0. The van der Waals surface area contributed by atoms with Crippen LogP contribution in [-0.4, -0.2) is 53.8 Å². The van der Waals surface area contributed by atoms with Gasteiger partial charge in [-0.05, 0) is 54.4 Å². The summed E-state index contributed by atoms with van der Waals surface area (Å²) in [7, 11) is 0. The van der Waals surface area contributed by atoms with Crippen molar-refractivity contribution in [3.05, 3.63) is 39.8 Å². The standard InChI is InChI=1S/C24H27ClN4O2S/c25-16-5-4-6-17(15-16)28-11-13-29(14-12-28)21(30)10-9-20-26-23(31)22-18-7-2-1-3-8-19(18)32-24(22)27-20/h4-6,15,22H,1-3,7-14H2. The molecule has 0 aromatic heterocycles. The number of aliphatic imine (C=N–C) groups is 2. The fourth-order valence-corrected chi connectivity index (χ4v) is 6.44. The number of allylic oxidation sites excluding steroid dienone is 1. The number of halogens is 1. The van der Waals surface area contributed by atoms with Gasteiger partial charge in [0.1, 0.15) is 11.8 Å². The highest BCUT2D eigenvalue weighted by molar-refractivity contribution is 8.17. The molecule has 8 heteroatoms. The van der Waals surface area contributed by atoms with E-state index in [1.807, 2.05) is 29.2 Å². The van der Waals surface area contributed by atoms with E-state index < -0.39 is 0 Å². The number of fused-ring (bicyclic) bond motifs is 2. The topological polar surface area (TPSA) is 65.3 Å². The summed E-state index contributed by atoms with van der Waals surface area (Å²) >= 11 is 7.78. The number of anilines is 1. The maximum atomic E-state index is 12.8. The van der Waals surface area contributed by atoms with Gasteiger partial charge in [-0.1, -0.05) is 35.9 Å². The van der Waals surface area contributed by atoms with Gasteiger partial charge in [-0.15, -0.1) is 0 Å². The zero-order valence-corrected chi connectivity index (χ0v) is 19.6. The molecule has 0 spiro atoms. The van der Waals surface area contributed by atoms with Crippen LogP contribution in [0.2, 0.25) is 5.02 Å². The minimum atomic E-state index is -0.243. The zero-order valence-electron chi connectivity index (χ0n) is 18.1. The lowest BCUT2D eigenvalue weighted by molar-refractivity contribution is -0.131. The Morgan fingerprint density at radius 3 is 2.72 bits per heavy atom. The highest BCUT2D eigenvalue weighted by Crippen LogP contribution is 2.46. The lowest BCUT2D eigenvalue weighted by Gasteiger charge is -2.36. The van der Waals surface area contributed by atoms with Crippen LogP contribution < -0.4 is 4.90 Å². The summed E-state index contributed by atoms with van der Waals surface area (Å²) in [6, 6.07) is 7.82. The van der Waals surface area contributed by atoms with E-state index in [0.29, 0.717) is 31.8 Å². The van der Waals surface area contributed by atoms with Crippen molar-refractivity contribution in [3.8, 4) is 0 Å². The number of hydrogen-bond acceptors (Lipinski definition) is 5. The average molecular weight is 471 g/mol. The molecule has 3 heterocycles. The third-order valence-corrected chi connectivity index (χ3v) is 8.11. The first-order chi connectivity index (χ1) is 15.6. The summed E-state index contributed by atoms with van der Waals surface area (Å²) in [6.07, 6.45) is 6.35. The van der Waals surface area contributed by atoms with Crippen molar-refractivity contribution < 1.29 is 9.59 Å². The van der Waals surface area contributed by atoms with Crippen molar-refractivity contribution >= 4 is 51.7 Å². The van der Waals surface area contributed by atoms with Crippen LogP contribution >= 0.6 is 23.4 Å². The smallest absolute Gasteiger partial charge is 0.261 e. The van der Waals surface area contributed by atoms with E-state index in [4.69, 9.17) is 16.6 Å². The SMILES string of the molecule is O=C1N=C(CCC(=O)N2CCN(c3cccc(Cl)c3)CC2)N=C2SC3=C(CCCCC3)C12. The molecule has 3 aliphatic heterocycles. The van der Waals surface area contributed by atoms with E-state index >= 15 is 0 Å². The van der Waals surface area contributed by atoms with Crippen molar-refractivity contribution in [2.75, 3.05) is 31.1 Å². The summed E-state index contributed by atoms with van der Waals surface area (Å²) in [4.78, 5) is 40.0. The van der Waals surface area contributed by atoms with Crippen molar-refractivity contribution in [2.24, 2.45) is 15.9 Å². The Labute approximate surface area is 197 Å². The lowest BCUT2D eigenvalue weighted by atomic mass is 9.94. The van der Waals surface area contributed by atoms with Gasteiger partial charge < -0.3 is 9.80 Å². The normalized spacial score (nSPS) is 23.4. The second-order valence-electron chi connectivity index (χ2n) is 8.71. The van der Waals surface area contributed by atoms with Crippen LogP contribution in [0.4, 0.5) is 5.69 Å². The molecule has 1 saturated heterocycles. The molecule has 5 rings (SSSR count). The molecule has 0 saturated carbocycles. The van der Waals surface area contributed by atoms with Crippen LogP contribution in [0.5, 0.6) is 0 Å². The predicted molar refractivity (Wildman–Crippen MR) is 131 cm³/mol. The third kappa shape index (κ3) is 4.50. The molecular weight excluding hydrogens is 444 g/mol. The molecule has 1 unspecified atom stereocenters. The van der Waals surface area contributed by atoms with E-state index in [1.54, 1.807) is 11.8 Å². The van der Waals surface area contributed by atoms with Crippen LogP contribution in [0.3, 0.4) is 0 Å². The number of rotatable bonds is 4. The minimum absolute atomic E-state index is 0.0908. The van der Waals surface area contributed by atoms with E-state index in [9.17, 15) is 9.59 Å². The predicted octanol–water partition coefficient (Wildman–Crippen LogP) is 4.69. The van der Waals surface area contributed by atoms with Crippen LogP contribution in [0, 0.1) is 5.92 Å². The fraction of sp³-hybridized carbons (Fsp3) is 0.500. The molecular formula is C24H27ClN4O2S. The summed E-state index contributed by atoms with van der Waals surface area (Å²) in [6.45, 7) is 2.92. The number of carbonyl (C=O) groups excluding carboxylic acids is 2. The van der Waals surface area contributed by atoms with Crippen molar-refractivity contribution in [1.29, 1.82) is 0 Å². The number of amides is 2. The van der Waals surface area contributed by atoms with Gasteiger partial charge in [0.15, 0.2) is 0 Å². The van der Waals surface area contributed by atoms with Gasteiger partial charge in [-0.25, -0.2) is 4.99 Å². The molecule has 0 N–H and O–H groups in total. The zero-order chi connectivity index (χ0) is 22.1. The molecule has 1 aromatic rings. The molecule has 4 aliphatic rings. The van der Waals surface area contributed by atoms with Crippen molar-refractivity contribution in [1.82, 2.24) is 4.90 Å². The van der Waals surface area contributed by atoms with Gasteiger partial charge in [0.25, 0.3) is 5.91 Å². The van der Waals surface area contributed by atoms with Gasteiger partial charge in [-0.2, -0.15) is 4.99 Å². The Hall–Kier alpha value is -2.12. The molecule has 2 amide bonds. The fourth-order valence-electron chi connectivity index (χ4n) is 4.90. The second-order valence-corrected chi connectivity index (χ2v) is 10.3. The Balaban J connectivity index is 1.15. The van der Waals surface area contributed by atoms with E-state index in [-0.39, 0.29) is 17.7 Å². The van der Waals surface area contributed by atoms with Gasteiger partial charge in [0, 0.05) is 49.7 Å². The molecule has 1 fully saturated rings. The Kier molecular flexibility index (Phi) is 6.37. The van der Waals surface area contributed by atoms with Gasteiger partial charge >= 0.3 is 0 Å². The number of piperazine rings is 1. The van der Waals surface area contributed by atoms with Crippen LogP contribution in [0.15, 0.2) is 44.7 Å². The molecule has 168 valence electrons. The maximum Gasteiger partial charge on any atom is 0.261 e. The largest absolute Gasteiger partial charge is 0.368 e. The molecule has 0 bridgehead atoms. The highest BCUT2D eigenvalue weighted by Gasteiger charge is 2.40. The minimum Gasteiger partial charge on any atom is -0.368 e. The van der Waals surface area contributed by atoms with Crippen LogP contribution in [0.1, 0.15) is 44.9 Å². The second kappa shape index (κ2) is 9.40. The molecule has 1 aliphatic carbocycles. The quantitative estimate of drug-likeness (QED) is 0.640. The third-order valence-electron chi connectivity index (χ3n) is 6.62.